The zero-order valence-corrected chi connectivity index (χ0v) is 12.8. The first-order valence-corrected chi connectivity index (χ1v) is 8.29. The van der Waals surface area contributed by atoms with Gasteiger partial charge in [0.2, 0.25) is 5.88 Å². The molecule has 1 aliphatic heterocycles. The van der Waals surface area contributed by atoms with Crippen LogP contribution < -0.4 is 15.9 Å². The van der Waals surface area contributed by atoms with Crippen molar-refractivity contribution in [2.45, 2.75) is 31.7 Å². The highest BCUT2D eigenvalue weighted by Crippen LogP contribution is 2.31. The number of thiazole rings is 1. The molecule has 0 atom stereocenters. The van der Waals surface area contributed by atoms with E-state index in [-0.39, 0.29) is 5.88 Å². The van der Waals surface area contributed by atoms with Crippen LogP contribution in [0.1, 0.15) is 36.1 Å². The van der Waals surface area contributed by atoms with Crippen LogP contribution in [0.25, 0.3) is 6.08 Å². The summed E-state index contributed by atoms with van der Waals surface area (Å²) in [6.07, 6.45) is 8.57. The lowest BCUT2D eigenvalue weighted by atomic mass is 10.2. The highest BCUT2D eigenvalue weighted by Gasteiger charge is 2.17. The lowest BCUT2D eigenvalue weighted by molar-refractivity contribution is 0.456. The molecule has 1 saturated carbocycles. The van der Waals surface area contributed by atoms with Crippen molar-refractivity contribution >= 4 is 28.8 Å². The Morgan fingerprint density at radius 2 is 2.14 bits per heavy atom. The van der Waals surface area contributed by atoms with Crippen LogP contribution in [-0.4, -0.2) is 22.3 Å². The van der Waals surface area contributed by atoms with Crippen molar-refractivity contribution in [2.24, 2.45) is 10.2 Å². The third-order valence-electron chi connectivity index (χ3n) is 4.06. The molecule has 1 aliphatic carbocycles. The zero-order valence-electron chi connectivity index (χ0n) is 12.0. The molecule has 1 aromatic carbocycles. The number of aromatic hydroxyl groups is 1. The summed E-state index contributed by atoms with van der Waals surface area (Å²) in [7, 11) is 0. The fourth-order valence-corrected chi connectivity index (χ4v) is 3.82. The van der Waals surface area contributed by atoms with Crippen LogP contribution in [-0.2, 0) is 0 Å². The molecule has 0 unspecified atom stereocenters. The first-order valence-electron chi connectivity index (χ1n) is 7.48. The second-order valence-corrected chi connectivity index (χ2v) is 6.64. The number of hydrogen-bond acceptors (Lipinski definition) is 6. The molecule has 5 nitrogen and oxygen atoms in total. The standard InChI is InChI=1S/C16H16N4OS/c21-15-13(22-16(19-15)18-12-6-1-2-7-12)8-10-4-3-5-11-9-17-20-14(10)11/h3-5,8-9,12,21H,1-2,6-7H2,(H,18,19). The summed E-state index contributed by atoms with van der Waals surface area (Å²) >= 11 is 1.48. The van der Waals surface area contributed by atoms with Crippen molar-refractivity contribution in [1.82, 2.24) is 4.98 Å². The van der Waals surface area contributed by atoms with Crippen LogP contribution >= 0.6 is 11.3 Å². The largest absolute Gasteiger partial charge is 0.492 e. The number of hydrogen-bond donors (Lipinski definition) is 2. The van der Waals surface area contributed by atoms with Crippen molar-refractivity contribution in [3.63, 3.8) is 0 Å². The number of nitrogens with zero attached hydrogens (tertiary/aromatic N) is 3. The van der Waals surface area contributed by atoms with Gasteiger partial charge in [-0.15, -0.1) is 5.10 Å². The molecular formula is C16H16N4OS. The van der Waals surface area contributed by atoms with Crippen molar-refractivity contribution in [2.75, 3.05) is 5.32 Å². The summed E-state index contributed by atoms with van der Waals surface area (Å²) < 4.78 is 0. The minimum atomic E-state index is 0.0713. The van der Waals surface area contributed by atoms with E-state index in [0.29, 0.717) is 6.04 Å². The maximum absolute atomic E-state index is 10.1. The molecule has 0 saturated heterocycles. The van der Waals surface area contributed by atoms with E-state index in [4.69, 9.17) is 0 Å². The summed E-state index contributed by atoms with van der Waals surface area (Å²) in [6.45, 7) is 0. The van der Waals surface area contributed by atoms with E-state index in [2.05, 4.69) is 20.5 Å². The summed E-state index contributed by atoms with van der Waals surface area (Å²) in [5.74, 6) is 0.0713. The van der Waals surface area contributed by atoms with Crippen LogP contribution in [0.4, 0.5) is 5.13 Å². The van der Waals surface area contributed by atoms with Gasteiger partial charge in [0.15, 0.2) is 5.13 Å². The van der Waals surface area contributed by atoms with Gasteiger partial charge in [-0.05, 0) is 18.9 Å². The van der Waals surface area contributed by atoms with Gasteiger partial charge in [0.05, 0.1) is 11.1 Å². The van der Waals surface area contributed by atoms with E-state index in [1.54, 1.807) is 6.21 Å². The summed E-state index contributed by atoms with van der Waals surface area (Å²) in [4.78, 5) is 4.98. The predicted molar refractivity (Wildman–Crippen MR) is 88.0 cm³/mol. The molecule has 2 aliphatic rings. The molecule has 2 heterocycles. The van der Waals surface area contributed by atoms with Gasteiger partial charge in [0.1, 0.15) is 5.36 Å². The minimum Gasteiger partial charge on any atom is -0.492 e. The normalized spacial score (nSPS) is 17.7. The number of aromatic nitrogens is 1. The van der Waals surface area contributed by atoms with Gasteiger partial charge in [-0.1, -0.05) is 42.4 Å². The molecule has 0 bridgehead atoms. The van der Waals surface area contributed by atoms with E-state index in [1.807, 2.05) is 24.3 Å². The molecule has 0 amide bonds. The van der Waals surface area contributed by atoms with Crippen molar-refractivity contribution in [1.29, 1.82) is 0 Å². The molecular weight excluding hydrogens is 296 g/mol. The maximum atomic E-state index is 10.1. The molecule has 1 fully saturated rings. The smallest absolute Gasteiger partial charge is 0.231 e. The molecule has 2 aromatic rings. The minimum absolute atomic E-state index is 0.0713. The summed E-state index contributed by atoms with van der Waals surface area (Å²) in [5, 5.41) is 24.2. The van der Waals surface area contributed by atoms with E-state index < -0.39 is 0 Å². The zero-order chi connectivity index (χ0) is 14.9. The third-order valence-corrected chi connectivity index (χ3v) is 4.98. The SMILES string of the molecule is Oc1nc(NC2CCCC2)sc1C=c1cccc2c1=NN=C2. The van der Waals surface area contributed by atoms with Crippen molar-refractivity contribution in [3.8, 4) is 5.88 Å². The lowest BCUT2D eigenvalue weighted by Crippen LogP contribution is -2.26. The van der Waals surface area contributed by atoms with Crippen LogP contribution in [0.2, 0.25) is 0 Å². The third kappa shape index (κ3) is 2.50. The Kier molecular flexibility index (Phi) is 3.38. The van der Waals surface area contributed by atoms with Gasteiger partial charge in [-0.25, -0.2) is 0 Å². The second kappa shape index (κ2) is 5.53. The lowest BCUT2D eigenvalue weighted by Gasteiger charge is -2.08. The number of nitrogens with one attached hydrogen (secondary N) is 1. The van der Waals surface area contributed by atoms with Crippen LogP contribution in [0.15, 0.2) is 28.4 Å². The van der Waals surface area contributed by atoms with Crippen molar-refractivity contribution in [3.05, 3.63) is 39.2 Å². The monoisotopic (exact) mass is 312 g/mol. The van der Waals surface area contributed by atoms with Gasteiger partial charge in [-0.3, -0.25) is 0 Å². The molecule has 1 aromatic heterocycles. The first-order chi connectivity index (χ1) is 10.8. The topological polar surface area (TPSA) is 69.9 Å². The molecule has 22 heavy (non-hydrogen) atoms. The number of fused-ring (bicyclic) bond motifs is 1. The molecule has 0 spiro atoms. The Morgan fingerprint density at radius 3 is 3.00 bits per heavy atom. The Morgan fingerprint density at radius 1 is 1.27 bits per heavy atom. The molecule has 4 rings (SSSR count). The average molecular weight is 312 g/mol. The predicted octanol–water partition coefficient (Wildman–Crippen LogP) is 2.00. The van der Waals surface area contributed by atoms with Crippen molar-refractivity contribution < 1.29 is 5.11 Å². The van der Waals surface area contributed by atoms with Crippen LogP contribution in [0.3, 0.4) is 0 Å². The average Bonchev–Trinajstić information content (AvgIpc) is 3.22. The van der Waals surface area contributed by atoms with Gasteiger partial charge in [0.25, 0.3) is 0 Å². The molecule has 112 valence electrons. The van der Waals surface area contributed by atoms with E-state index in [0.717, 1.165) is 26.1 Å². The Balaban J connectivity index is 1.68. The Bertz CT molecular complexity index is 850. The molecule has 0 radical (unpaired) electrons. The molecule has 6 heteroatoms. The number of benzene rings is 1. The van der Waals surface area contributed by atoms with Crippen LogP contribution in [0, 0.1) is 0 Å². The van der Waals surface area contributed by atoms with Gasteiger partial charge in [-0.2, -0.15) is 10.1 Å². The number of rotatable bonds is 3. The van der Waals surface area contributed by atoms with E-state index >= 15 is 0 Å². The number of anilines is 1. The maximum Gasteiger partial charge on any atom is 0.231 e. The fourth-order valence-electron chi connectivity index (χ4n) is 2.93. The highest BCUT2D eigenvalue weighted by molar-refractivity contribution is 7.16. The highest BCUT2D eigenvalue weighted by atomic mass is 32.1. The van der Waals surface area contributed by atoms with E-state index in [9.17, 15) is 5.11 Å². The van der Waals surface area contributed by atoms with Gasteiger partial charge >= 0.3 is 0 Å². The van der Waals surface area contributed by atoms with Gasteiger partial charge in [0, 0.05) is 16.8 Å². The quantitative estimate of drug-likeness (QED) is 0.911. The molecule has 2 N–H and O–H groups in total. The second-order valence-electron chi connectivity index (χ2n) is 5.61. The fraction of sp³-hybridized carbons (Fsp3) is 0.312. The summed E-state index contributed by atoms with van der Waals surface area (Å²) in [5.41, 5.74) is 1.00. The first kappa shape index (κ1) is 13.5. The van der Waals surface area contributed by atoms with Crippen LogP contribution in [0.5, 0.6) is 5.88 Å². The Labute approximate surface area is 131 Å². The van der Waals surface area contributed by atoms with E-state index in [1.165, 1.54) is 37.0 Å². The Hall–Kier alpha value is -2.21. The summed E-state index contributed by atoms with van der Waals surface area (Å²) in [6, 6.07) is 6.41. The van der Waals surface area contributed by atoms with Gasteiger partial charge < -0.3 is 10.4 Å².